The lowest BCUT2D eigenvalue weighted by molar-refractivity contribution is 1.10. The SMILES string of the molecule is c1ccc(-c2ccc(-c3cc(-c4ccc(-c5ccccc5)cc4)c4nc(-c5ccc6c(c5)nc(-c5ccccc5)n6-c5ccccc5)nc(-c5ccc(-c6ccc7c(c6)nc(-c6ccccc6)n7-c6ccccc6)cc5)c4c3)cc2)cc1. The van der Waals surface area contributed by atoms with Gasteiger partial charge in [0.15, 0.2) is 5.82 Å². The lowest BCUT2D eigenvalue weighted by Crippen LogP contribution is -1.99. The molecule has 0 amide bonds. The zero-order valence-electron chi connectivity index (χ0n) is 44.6. The van der Waals surface area contributed by atoms with Gasteiger partial charge in [-0.2, -0.15) is 0 Å². The summed E-state index contributed by atoms with van der Waals surface area (Å²) in [4.78, 5) is 21.9. The molecule has 384 valence electrons. The summed E-state index contributed by atoms with van der Waals surface area (Å²) in [5.41, 5.74) is 22.6. The van der Waals surface area contributed by atoms with Crippen molar-refractivity contribution in [1.82, 2.24) is 29.1 Å². The topological polar surface area (TPSA) is 61.4 Å². The van der Waals surface area contributed by atoms with Crippen molar-refractivity contribution >= 4 is 33.0 Å². The van der Waals surface area contributed by atoms with Crippen molar-refractivity contribution in [1.29, 1.82) is 0 Å². The van der Waals surface area contributed by atoms with Gasteiger partial charge < -0.3 is 0 Å². The van der Waals surface area contributed by atoms with Crippen molar-refractivity contribution < 1.29 is 0 Å². The van der Waals surface area contributed by atoms with Crippen LogP contribution in [0.3, 0.4) is 0 Å². The summed E-state index contributed by atoms with van der Waals surface area (Å²) in [6.07, 6.45) is 0. The van der Waals surface area contributed by atoms with E-state index in [1.165, 1.54) is 11.1 Å². The number of rotatable bonds is 11. The van der Waals surface area contributed by atoms with Gasteiger partial charge in [-0.15, -0.1) is 0 Å². The summed E-state index contributed by atoms with van der Waals surface area (Å²) in [5.74, 6) is 2.38. The first-order valence-corrected chi connectivity index (χ1v) is 27.7. The average Bonchev–Trinajstić information content (AvgIpc) is 4.31. The number of hydrogen-bond acceptors (Lipinski definition) is 4. The molecule has 3 aromatic heterocycles. The Kier molecular flexibility index (Phi) is 12.1. The minimum Gasteiger partial charge on any atom is -0.292 e. The molecule has 12 aromatic carbocycles. The van der Waals surface area contributed by atoms with Crippen LogP contribution in [0.5, 0.6) is 0 Å². The average molecular weight is 1050 g/mol. The highest BCUT2D eigenvalue weighted by molar-refractivity contribution is 6.05. The van der Waals surface area contributed by atoms with Crippen molar-refractivity contribution in [3.05, 3.63) is 303 Å². The third-order valence-electron chi connectivity index (χ3n) is 15.6. The summed E-state index contributed by atoms with van der Waals surface area (Å²) in [7, 11) is 0. The minimum atomic E-state index is 0.611. The molecular formula is C76H50N6. The van der Waals surface area contributed by atoms with E-state index in [1.54, 1.807) is 0 Å². The number of hydrogen-bond donors (Lipinski definition) is 0. The first-order chi connectivity index (χ1) is 40.6. The van der Waals surface area contributed by atoms with E-state index in [-0.39, 0.29) is 0 Å². The van der Waals surface area contributed by atoms with Crippen LogP contribution in [0.4, 0.5) is 0 Å². The maximum atomic E-state index is 5.63. The molecule has 3 heterocycles. The minimum absolute atomic E-state index is 0.611. The molecule has 0 spiro atoms. The van der Waals surface area contributed by atoms with Crippen molar-refractivity contribution in [2.45, 2.75) is 0 Å². The van der Waals surface area contributed by atoms with Crippen LogP contribution in [0.15, 0.2) is 303 Å². The van der Waals surface area contributed by atoms with Crippen molar-refractivity contribution in [3.63, 3.8) is 0 Å². The van der Waals surface area contributed by atoms with E-state index < -0.39 is 0 Å². The maximum absolute atomic E-state index is 5.63. The number of fused-ring (bicyclic) bond motifs is 3. The molecule has 0 unspecified atom stereocenters. The number of aromatic nitrogens is 6. The Hall–Kier alpha value is -11.1. The maximum Gasteiger partial charge on any atom is 0.160 e. The second-order valence-corrected chi connectivity index (χ2v) is 20.6. The van der Waals surface area contributed by atoms with Crippen LogP contribution in [0.25, 0.3) is 145 Å². The molecule has 82 heavy (non-hydrogen) atoms. The largest absolute Gasteiger partial charge is 0.292 e. The summed E-state index contributed by atoms with van der Waals surface area (Å²) < 4.78 is 4.49. The van der Waals surface area contributed by atoms with Crippen LogP contribution < -0.4 is 0 Å². The lowest BCUT2D eigenvalue weighted by Gasteiger charge is -2.16. The third kappa shape index (κ3) is 8.91. The van der Waals surface area contributed by atoms with E-state index >= 15 is 0 Å². The van der Waals surface area contributed by atoms with E-state index in [1.807, 2.05) is 24.3 Å². The van der Waals surface area contributed by atoms with Gasteiger partial charge in [0.25, 0.3) is 0 Å². The second kappa shape index (κ2) is 20.6. The van der Waals surface area contributed by atoms with Crippen LogP contribution >= 0.6 is 0 Å². The van der Waals surface area contributed by atoms with E-state index in [9.17, 15) is 0 Å². The van der Waals surface area contributed by atoms with Crippen molar-refractivity contribution in [2.24, 2.45) is 0 Å². The predicted molar refractivity (Wildman–Crippen MR) is 338 cm³/mol. The van der Waals surface area contributed by atoms with Gasteiger partial charge in [-0.25, -0.2) is 19.9 Å². The number of benzene rings is 12. The van der Waals surface area contributed by atoms with Gasteiger partial charge in [-0.05, 0) is 117 Å². The van der Waals surface area contributed by atoms with Crippen LogP contribution in [0.2, 0.25) is 0 Å². The van der Waals surface area contributed by atoms with Gasteiger partial charge >= 0.3 is 0 Å². The highest BCUT2D eigenvalue weighted by Crippen LogP contribution is 2.41. The van der Waals surface area contributed by atoms with Crippen molar-refractivity contribution in [3.8, 4) is 112 Å². The van der Waals surface area contributed by atoms with Gasteiger partial charge in [0.1, 0.15) is 11.6 Å². The lowest BCUT2D eigenvalue weighted by atomic mass is 9.92. The molecule has 6 heteroatoms. The Morgan fingerprint density at radius 2 is 0.585 bits per heavy atom. The molecule has 0 radical (unpaired) electrons. The predicted octanol–water partition coefficient (Wildman–Crippen LogP) is 19.3. The molecule has 0 atom stereocenters. The Labute approximate surface area is 475 Å². The molecule has 0 N–H and O–H groups in total. The molecule has 0 fully saturated rings. The molecule has 0 bridgehead atoms. The quantitative estimate of drug-likeness (QED) is 0.129. The van der Waals surface area contributed by atoms with Gasteiger partial charge in [0.05, 0.1) is 33.3 Å². The molecule has 6 nitrogen and oxygen atoms in total. The zero-order valence-corrected chi connectivity index (χ0v) is 44.6. The van der Waals surface area contributed by atoms with Crippen LogP contribution in [-0.2, 0) is 0 Å². The first kappa shape index (κ1) is 48.1. The summed E-state index contributed by atoms with van der Waals surface area (Å²) in [6.45, 7) is 0. The van der Waals surface area contributed by atoms with Gasteiger partial charge in [-0.1, -0.05) is 237 Å². The van der Waals surface area contributed by atoms with Crippen LogP contribution in [0, 0.1) is 0 Å². The molecule has 0 aliphatic heterocycles. The molecule has 0 saturated heterocycles. The smallest absolute Gasteiger partial charge is 0.160 e. The van der Waals surface area contributed by atoms with E-state index in [2.05, 4.69) is 288 Å². The summed E-state index contributed by atoms with van der Waals surface area (Å²) >= 11 is 0. The van der Waals surface area contributed by atoms with Crippen LogP contribution in [-0.4, -0.2) is 29.1 Å². The summed E-state index contributed by atoms with van der Waals surface area (Å²) in [5, 5.41) is 0.949. The van der Waals surface area contributed by atoms with Gasteiger partial charge in [0.2, 0.25) is 0 Å². The van der Waals surface area contributed by atoms with Gasteiger partial charge in [0, 0.05) is 44.6 Å². The first-order valence-electron chi connectivity index (χ1n) is 27.7. The fraction of sp³-hybridized carbons (Fsp3) is 0. The van der Waals surface area contributed by atoms with Crippen LogP contribution in [0.1, 0.15) is 0 Å². The third-order valence-corrected chi connectivity index (χ3v) is 15.6. The van der Waals surface area contributed by atoms with E-state index in [0.717, 1.165) is 128 Å². The number of para-hydroxylation sites is 2. The van der Waals surface area contributed by atoms with E-state index in [4.69, 9.17) is 19.9 Å². The molecule has 15 aromatic rings. The Bertz CT molecular complexity index is 4770. The Balaban J connectivity index is 0.916. The summed E-state index contributed by atoms with van der Waals surface area (Å²) in [6, 6.07) is 107. The normalized spacial score (nSPS) is 11.4. The molecule has 0 saturated carbocycles. The number of imidazole rings is 2. The monoisotopic (exact) mass is 1050 g/mol. The second-order valence-electron chi connectivity index (χ2n) is 20.6. The Morgan fingerprint density at radius 3 is 1.06 bits per heavy atom. The molecule has 15 rings (SSSR count). The Morgan fingerprint density at radius 1 is 0.232 bits per heavy atom. The van der Waals surface area contributed by atoms with Gasteiger partial charge in [-0.3, -0.25) is 9.13 Å². The van der Waals surface area contributed by atoms with Crippen molar-refractivity contribution in [2.75, 3.05) is 0 Å². The van der Waals surface area contributed by atoms with E-state index in [0.29, 0.717) is 5.82 Å². The zero-order chi connectivity index (χ0) is 54.3. The fourth-order valence-corrected chi connectivity index (χ4v) is 11.5. The fourth-order valence-electron chi connectivity index (χ4n) is 11.5. The highest BCUT2D eigenvalue weighted by atomic mass is 15.1. The highest BCUT2D eigenvalue weighted by Gasteiger charge is 2.22. The molecule has 0 aliphatic rings. The molecule has 0 aliphatic carbocycles. The number of nitrogens with zero attached hydrogens (tertiary/aromatic N) is 6. The molecular weight excluding hydrogens is 997 g/mol. The standard InChI is InChI=1S/C76H50N6/c1-7-19-51(20-8-1)53-31-33-56(34-32-53)63-47-66(57-39-35-54(36-40-57)52-21-9-2-10-22-52)73-67(48-63)72(79-74(80-73)62-44-46-71-69(50-62)78-76(60-25-13-4-14-26-60)82(71)65-29-17-6-18-30-65)58-41-37-55(38-42-58)61-43-45-70-68(49-61)77-75(59-23-11-3-12-24-59)81(70)64-27-15-5-16-28-64/h1-50H.